The predicted octanol–water partition coefficient (Wildman–Crippen LogP) is 11.9. The first kappa shape index (κ1) is 28.0. The van der Waals surface area contributed by atoms with Gasteiger partial charge in [-0.25, -0.2) is 0 Å². The fourth-order valence-electron chi connectivity index (χ4n) is 9.25. The molecule has 4 aromatic carbocycles. The fourth-order valence-corrected chi connectivity index (χ4v) is 26.7. The van der Waals surface area contributed by atoms with Crippen molar-refractivity contribution in [3.63, 3.8) is 0 Å². The first-order chi connectivity index (χ1) is 20.0. The van der Waals surface area contributed by atoms with Gasteiger partial charge >= 0.3 is 259 Å². The molecule has 0 aromatic heterocycles. The molecule has 212 valence electrons. The molecule has 0 saturated carbocycles. The van der Waals surface area contributed by atoms with Crippen LogP contribution in [0.4, 0.5) is 0 Å². The third-order valence-corrected chi connectivity index (χ3v) is 25.9. The van der Waals surface area contributed by atoms with Crippen LogP contribution in [0.2, 0.25) is 9.36 Å². The summed E-state index contributed by atoms with van der Waals surface area (Å²) in [7, 11) is 0. The fraction of sp³-hybridized carbons (Fsp3) is 0.317. The van der Waals surface area contributed by atoms with E-state index >= 15 is 0 Å². The quantitative estimate of drug-likeness (QED) is 0.185. The number of allylic oxidation sites excluding steroid dienone is 2. The Balaban J connectivity index is 1.46. The topological polar surface area (TPSA) is 0 Å². The molecular weight excluding hydrogens is 671 g/mol. The van der Waals surface area contributed by atoms with Gasteiger partial charge in [0.15, 0.2) is 0 Å². The molecule has 0 bridgehead atoms. The normalized spacial score (nSPS) is 23.0. The second-order valence-electron chi connectivity index (χ2n) is 14.3. The molecular formula is C41H44Hf. The van der Waals surface area contributed by atoms with Crippen LogP contribution in [0, 0.1) is 33.1 Å². The summed E-state index contributed by atoms with van der Waals surface area (Å²) in [5, 5.41) is 0. The molecule has 0 amide bonds. The van der Waals surface area contributed by atoms with Crippen molar-refractivity contribution in [2.24, 2.45) is 5.41 Å². The summed E-state index contributed by atoms with van der Waals surface area (Å²) in [4.78, 5) is 0. The Hall–Kier alpha value is -2.77. The first-order valence-electron chi connectivity index (χ1n) is 15.9. The van der Waals surface area contributed by atoms with Crippen molar-refractivity contribution in [1.82, 2.24) is 0 Å². The Morgan fingerprint density at radius 2 is 1.02 bits per heavy atom. The van der Waals surface area contributed by atoms with Gasteiger partial charge in [0, 0.05) is 0 Å². The van der Waals surface area contributed by atoms with Crippen molar-refractivity contribution in [2.75, 3.05) is 0 Å². The predicted molar refractivity (Wildman–Crippen MR) is 179 cm³/mol. The van der Waals surface area contributed by atoms with Gasteiger partial charge in [0.25, 0.3) is 0 Å². The van der Waals surface area contributed by atoms with Crippen LogP contribution >= 0.6 is 0 Å². The summed E-state index contributed by atoms with van der Waals surface area (Å²) in [5.74, 6) is 0. The molecule has 1 saturated heterocycles. The molecule has 7 rings (SSSR count). The number of hydrogen-bond donors (Lipinski definition) is 0. The van der Waals surface area contributed by atoms with E-state index in [1.165, 1.54) is 68.5 Å². The van der Waals surface area contributed by atoms with E-state index in [0.29, 0.717) is 7.35 Å². The minimum absolute atomic E-state index is 0.0806. The van der Waals surface area contributed by atoms with E-state index in [2.05, 4.69) is 136 Å². The minimum atomic E-state index is -3.07. The van der Waals surface area contributed by atoms with Gasteiger partial charge in [-0.05, 0) is 0 Å². The van der Waals surface area contributed by atoms with Crippen molar-refractivity contribution in [3.05, 3.63) is 128 Å². The van der Waals surface area contributed by atoms with Crippen LogP contribution in [-0.2, 0) is 20.0 Å². The second-order valence-corrected chi connectivity index (χ2v) is 31.6. The van der Waals surface area contributed by atoms with Gasteiger partial charge < -0.3 is 0 Å². The maximum absolute atomic E-state index is 3.07. The standard InChI is InChI=1S/C39H38.2CH3.Hf/c1-7-14-39(6,33-21-29-10-8-12-35(37(29)23-33)31-17-25(2)15-26(3)18-31)34-22-30-11-9-13-36(38(30)24-34)32-19-27(4)16-28(5)20-32;;;/h8-13,15-24H,7,14H2,1-6H3;2*1H3;. The van der Waals surface area contributed by atoms with E-state index in [1.54, 1.807) is 22.3 Å². The zero-order valence-electron chi connectivity index (χ0n) is 26.7. The average Bonchev–Trinajstić information content (AvgIpc) is 3.53. The molecule has 2 unspecified atom stereocenters. The Morgan fingerprint density at radius 1 is 0.619 bits per heavy atom. The van der Waals surface area contributed by atoms with Gasteiger partial charge in [0.2, 0.25) is 0 Å². The van der Waals surface area contributed by atoms with Crippen LogP contribution < -0.4 is 0 Å². The van der Waals surface area contributed by atoms with Gasteiger partial charge in [-0.3, -0.25) is 0 Å². The van der Waals surface area contributed by atoms with E-state index in [0.717, 1.165) is 0 Å². The molecule has 4 aromatic rings. The maximum atomic E-state index is 2.77. The molecule has 0 radical (unpaired) electrons. The van der Waals surface area contributed by atoms with Gasteiger partial charge in [-0.15, -0.1) is 0 Å². The molecule has 2 aliphatic carbocycles. The molecule has 1 heteroatoms. The van der Waals surface area contributed by atoms with Gasteiger partial charge in [-0.2, -0.15) is 0 Å². The number of benzene rings is 4. The Labute approximate surface area is 257 Å². The van der Waals surface area contributed by atoms with Gasteiger partial charge in [0.1, 0.15) is 0 Å². The van der Waals surface area contributed by atoms with Crippen LogP contribution in [0.15, 0.2) is 83.9 Å². The third kappa shape index (κ3) is 4.10. The molecule has 0 spiro atoms. The van der Waals surface area contributed by atoms with E-state index in [4.69, 9.17) is 0 Å². The Kier molecular flexibility index (Phi) is 6.59. The van der Waals surface area contributed by atoms with E-state index < -0.39 is 20.0 Å². The molecule has 3 aliphatic rings. The van der Waals surface area contributed by atoms with Crippen molar-refractivity contribution < 1.29 is 20.0 Å². The van der Waals surface area contributed by atoms with Crippen LogP contribution in [0.3, 0.4) is 0 Å². The Morgan fingerprint density at radius 3 is 1.40 bits per heavy atom. The van der Waals surface area contributed by atoms with Gasteiger partial charge in [0.05, 0.1) is 0 Å². The molecule has 1 fully saturated rings. The molecule has 1 aliphatic heterocycles. The molecule has 2 atom stereocenters. The van der Waals surface area contributed by atoms with E-state index in [9.17, 15) is 0 Å². The SMILES string of the molecule is CCCC1(C)C2=Cc3c(-c4cc(C)cc(C)c4)cccc3[CH]2[Hf]([CH3])([CH3])[CH]2C1=Cc1c(-c3cc(C)cc(C)c3)cccc12. The van der Waals surface area contributed by atoms with Crippen LogP contribution in [-0.4, -0.2) is 0 Å². The van der Waals surface area contributed by atoms with Crippen molar-refractivity contribution >= 4 is 12.2 Å². The molecule has 0 nitrogen and oxygen atoms in total. The summed E-state index contributed by atoms with van der Waals surface area (Å²) in [6.07, 6.45) is 7.76. The third-order valence-electron chi connectivity index (χ3n) is 10.7. The summed E-state index contributed by atoms with van der Waals surface area (Å²) in [5.41, 5.74) is 20.7. The van der Waals surface area contributed by atoms with Crippen LogP contribution in [0.1, 0.15) is 78.5 Å². The summed E-state index contributed by atoms with van der Waals surface area (Å²) >= 11 is -3.07. The molecule has 1 heterocycles. The van der Waals surface area contributed by atoms with Crippen LogP contribution in [0.5, 0.6) is 0 Å². The number of fused-ring (bicyclic) bond motifs is 6. The number of rotatable bonds is 4. The second kappa shape index (κ2) is 9.88. The zero-order valence-corrected chi connectivity index (χ0v) is 30.2. The summed E-state index contributed by atoms with van der Waals surface area (Å²) < 4.78 is 6.78. The average molecular weight is 715 g/mol. The Bertz CT molecular complexity index is 1660. The van der Waals surface area contributed by atoms with Crippen LogP contribution in [0.25, 0.3) is 34.4 Å². The van der Waals surface area contributed by atoms with Crippen molar-refractivity contribution in [3.8, 4) is 22.3 Å². The summed E-state index contributed by atoms with van der Waals surface area (Å²) in [6.45, 7) is 13.9. The number of hydrogen-bond acceptors (Lipinski definition) is 0. The molecule has 0 N–H and O–H groups in total. The number of aryl methyl sites for hydroxylation is 4. The molecule has 42 heavy (non-hydrogen) atoms. The van der Waals surface area contributed by atoms with Crippen molar-refractivity contribution in [2.45, 2.75) is 71.1 Å². The monoisotopic (exact) mass is 716 g/mol. The first-order valence-corrected chi connectivity index (χ1v) is 27.2. The summed E-state index contributed by atoms with van der Waals surface area (Å²) in [6, 6.07) is 28.5. The van der Waals surface area contributed by atoms with Gasteiger partial charge in [-0.1, -0.05) is 0 Å². The van der Waals surface area contributed by atoms with Crippen molar-refractivity contribution in [1.29, 1.82) is 0 Å². The zero-order chi connectivity index (χ0) is 29.6. The van der Waals surface area contributed by atoms with E-state index in [1.807, 2.05) is 0 Å². The van der Waals surface area contributed by atoms with E-state index in [-0.39, 0.29) is 5.41 Å².